The molecule has 0 radical (unpaired) electrons. The van der Waals surface area contributed by atoms with Gasteiger partial charge in [0.15, 0.2) is 0 Å². The number of rotatable bonds is 4. The fourth-order valence-electron chi connectivity index (χ4n) is 3.18. The number of amidine groups is 1. The molecule has 1 aliphatic rings. The zero-order valence-corrected chi connectivity index (χ0v) is 17.3. The van der Waals surface area contributed by atoms with Crippen LogP contribution < -0.4 is 15.8 Å². The molecule has 11 heteroatoms. The summed E-state index contributed by atoms with van der Waals surface area (Å²) < 4.78 is 85.8. The van der Waals surface area contributed by atoms with Crippen molar-refractivity contribution < 1.29 is 35.9 Å². The van der Waals surface area contributed by atoms with Gasteiger partial charge in [0.2, 0.25) is 11.5 Å². The number of alkyl halides is 3. The summed E-state index contributed by atoms with van der Waals surface area (Å²) in [5.74, 6) is -2.49. The Morgan fingerprint density at radius 2 is 2.03 bits per heavy atom. The molecular formula is C21H22F4N4O3. The van der Waals surface area contributed by atoms with Gasteiger partial charge in [0.1, 0.15) is 17.2 Å². The molecule has 172 valence electrons. The van der Waals surface area contributed by atoms with E-state index in [4.69, 9.17) is 19.3 Å². The fraction of sp³-hybridized carbons (Fsp3) is 0.381. The van der Waals surface area contributed by atoms with Gasteiger partial charge in [-0.25, -0.2) is 9.37 Å². The van der Waals surface area contributed by atoms with Crippen LogP contribution in [0.1, 0.15) is 39.6 Å². The summed E-state index contributed by atoms with van der Waals surface area (Å²) in [6, 6.07) is 6.02. The molecule has 0 saturated carbocycles. The zero-order chi connectivity index (χ0) is 26.4. The van der Waals surface area contributed by atoms with Crippen molar-refractivity contribution in [2.24, 2.45) is 10.7 Å². The Morgan fingerprint density at radius 1 is 1.31 bits per heavy atom. The van der Waals surface area contributed by atoms with Crippen LogP contribution in [-0.2, 0) is 10.3 Å². The molecule has 2 aromatic rings. The quantitative estimate of drug-likeness (QED) is 0.682. The predicted octanol–water partition coefficient (Wildman–Crippen LogP) is 3.71. The summed E-state index contributed by atoms with van der Waals surface area (Å²) in [4.78, 5) is 20.6. The highest BCUT2D eigenvalue weighted by molar-refractivity contribution is 6.05. The van der Waals surface area contributed by atoms with Crippen LogP contribution in [0, 0.1) is 12.7 Å². The van der Waals surface area contributed by atoms with Crippen LogP contribution in [0.15, 0.2) is 35.3 Å². The molecule has 1 aromatic heterocycles. The summed E-state index contributed by atoms with van der Waals surface area (Å²) >= 11 is 0. The maximum Gasteiger partial charge on any atom is 0.424 e. The second-order valence-corrected chi connectivity index (χ2v) is 7.62. The summed E-state index contributed by atoms with van der Waals surface area (Å²) in [5.41, 5.74) is 1.42. The number of aliphatic imine (C=N–C) groups is 1. The lowest BCUT2D eigenvalue weighted by Crippen LogP contribution is -2.60. The highest BCUT2D eigenvalue weighted by atomic mass is 19.4. The summed E-state index contributed by atoms with van der Waals surface area (Å²) in [5, 5.41) is 2.54. The van der Waals surface area contributed by atoms with Crippen molar-refractivity contribution in [2.45, 2.75) is 38.1 Å². The van der Waals surface area contributed by atoms with Gasteiger partial charge in [0.05, 0.1) is 29.0 Å². The van der Waals surface area contributed by atoms with E-state index in [9.17, 15) is 22.4 Å². The molecule has 32 heavy (non-hydrogen) atoms. The van der Waals surface area contributed by atoms with Crippen molar-refractivity contribution in [1.29, 1.82) is 0 Å². The largest absolute Gasteiger partial charge is 0.481 e. The number of aromatic nitrogens is 1. The standard InChI is InChI=1S/C21H22F4N4O3/c1-11-13(6-8-16(27-11)31-4)17(30)28-12-5-7-15(22)14(9-12)19(2)10-32-20(3,18(26)29-19)21(23,24)25/h5-9H,10H2,1-4H3,(H2,26,29)(H,28,30)/i4D3. The Hall–Kier alpha value is -3.21. The summed E-state index contributed by atoms with van der Waals surface area (Å²) in [6.07, 6.45) is -4.83. The van der Waals surface area contributed by atoms with Gasteiger partial charge in [-0.05, 0) is 45.0 Å². The minimum Gasteiger partial charge on any atom is -0.481 e. The van der Waals surface area contributed by atoms with E-state index in [2.05, 4.69) is 15.3 Å². The molecule has 0 saturated heterocycles. The molecule has 2 heterocycles. The molecule has 3 N–H and O–H groups in total. The van der Waals surface area contributed by atoms with Crippen molar-refractivity contribution >= 4 is 17.4 Å². The maximum atomic E-state index is 14.7. The first kappa shape index (κ1) is 19.5. The second-order valence-electron chi connectivity index (χ2n) is 7.62. The van der Waals surface area contributed by atoms with Gasteiger partial charge >= 0.3 is 6.18 Å². The SMILES string of the molecule is [2H]C([2H])([2H])Oc1ccc(C(=O)Nc2ccc(F)c(C3(C)COC(C)(C(F)(F)F)C(N)=N3)c2)c(C)n1. The first-order valence-electron chi connectivity index (χ1n) is 10.8. The average Bonchev–Trinajstić information content (AvgIpc) is 2.70. The van der Waals surface area contributed by atoms with Gasteiger partial charge in [-0.2, -0.15) is 13.2 Å². The van der Waals surface area contributed by atoms with E-state index in [0.29, 0.717) is 0 Å². The maximum absolute atomic E-state index is 14.7. The molecule has 2 atom stereocenters. The number of nitrogens with one attached hydrogen (secondary N) is 1. The number of benzene rings is 1. The van der Waals surface area contributed by atoms with Gasteiger partial charge < -0.3 is 20.5 Å². The summed E-state index contributed by atoms with van der Waals surface area (Å²) in [6.45, 7) is 2.94. The molecule has 0 bridgehead atoms. The number of hydrogen-bond acceptors (Lipinski definition) is 6. The number of carbonyl (C=O) groups excluding carboxylic acids is 1. The molecule has 0 fully saturated rings. The number of carbonyl (C=O) groups is 1. The van der Waals surface area contributed by atoms with Crippen molar-refractivity contribution in [3.63, 3.8) is 0 Å². The smallest absolute Gasteiger partial charge is 0.424 e. The van der Waals surface area contributed by atoms with Crippen LogP contribution in [-0.4, -0.2) is 42.1 Å². The van der Waals surface area contributed by atoms with Crippen LogP contribution >= 0.6 is 0 Å². The normalized spacial score (nSPS) is 25.2. The molecule has 2 unspecified atom stereocenters. The van der Waals surface area contributed by atoms with E-state index in [1.807, 2.05) is 0 Å². The van der Waals surface area contributed by atoms with Gasteiger partial charge in [0.25, 0.3) is 5.91 Å². The van der Waals surface area contributed by atoms with Gasteiger partial charge in [-0.1, -0.05) is 0 Å². The molecule has 0 spiro atoms. The number of pyridine rings is 1. The van der Waals surface area contributed by atoms with Crippen LogP contribution in [0.3, 0.4) is 0 Å². The highest BCUT2D eigenvalue weighted by Gasteiger charge is 2.59. The van der Waals surface area contributed by atoms with E-state index in [1.165, 1.54) is 38.1 Å². The summed E-state index contributed by atoms with van der Waals surface area (Å²) in [7, 11) is -2.71. The third-order valence-electron chi connectivity index (χ3n) is 5.25. The molecular weight excluding hydrogens is 432 g/mol. The van der Waals surface area contributed by atoms with Crippen LogP contribution in [0.25, 0.3) is 0 Å². The number of hydrogen-bond donors (Lipinski definition) is 2. The lowest BCUT2D eigenvalue weighted by atomic mass is 9.89. The number of nitrogens with two attached hydrogens (primary N) is 1. The fourth-order valence-corrected chi connectivity index (χ4v) is 3.18. The lowest BCUT2D eigenvalue weighted by molar-refractivity contribution is -0.249. The van der Waals surface area contributed by atoms with Crippen LogP contribution in [0.5, 0.6) is 5.88 Å². The highest BCUT2D eigenvalue weighted by Crippen LogP contribution is 2.41. The lowest BCUT2D eigenvalue weighted by Gasteiger charge is -2.41. The zero-order valence-electron chi connectivity index (χ0n) is 20.3. The average molecular weight is 457 g/mol. The van der Waals surface area contributed by atoms with Crippen molar-refractivity contribution in [3.05, 3.63) is 53.0 Å². The van der Waals surface area contributed by atoms with Crippen LogP contribution in [0.4, 0.5) is 23.2 Å². The first-order chi connectivity index (χ1) is 15.9. The van der Waals surface area contributed by atoms with Gasteiger partial charge in [0, 0.05) is 17.3 Å². The van der Waals surface area contributed by atoms with Crippen molar-refractivity contribution in [3.8, 4) is 5.88 Å². The number of nitrogens with zero attached hydrogens (tertiary/aromatic N) is 2. The van der Waals surface area contributed by atoms with Gasteiger partial charge in [-0.15, -0.1) is 0 Å². The number of anilines is 1. The molecule has 1 amide bonds. The minimum absolute atomic E-state index is 0.0872. The molecule has 1 aliphatic heterocycles. The third-order valence-corrected chi connectivity index (χ3v) is 5.25. The Morgan fingerprint density at radius 3 is 2.62 bits per heavy atom. The second kappa shape index (κ2) is 8.05. The van der Waals surface area contributed by atoms with Gasteiger partial charge in [-0.3, -0.25) is 9.79 Å². The van der Waals surface area contributed by atoms with Crippen molar-refractivity contribution in [1.82, 2.24) is 4.98 Å². The minimum atomic E-state index is -4.83. The van der Waals surface area contributed by atoms with E-state index in [1.54, 1.807) is 0 Å². The number of halogens is 4. The van der Waals surface area contributed by atoms with E-state index in [0.717, 1.165) is 13.0 Å². The van der Waals surface area contributed by atoms with E-state index < -0.39 is 48.5 Å². The van der Waals surface area contributed by atoms with E-state index in [-0.39, 0.29) is 28.4 Å². The molecule has 7 nitrogen and oxygen atoms in total. The number of aryl methyl sites for hydroxylation is 1. The first-order valence-corrected chi connectivity index (χ1v) is 9.30. The molecule has 1 aromatic carbocycles. The Bertz CT molecular complexity index is 1190. The Balaban J connectivity index is 1.88. The Kier molecular flexibility index (Phi) is 4.90. The molecule has 3 rings (SSSR count). The van der Waals surface area contributed by atoms with Crippen LogP contribution in [0.2, 0.25) is 0 Å². The number of methoxy groups -OCH3 is 1. The Labute approximate surface area is 185 Å². The van der Waals surface area contributed by atoms with E-state index >= 15 is 0 Å². The number of amides is 1. The predicted molar refractivity (Wildman–Crippen MR) is 109 cm³/mol. The van der Waals surface area contributed by atoms with Crippen molar-refractivity contribution in [2.75, 3.05) is 19.0 Å². The monoisotopic (exact) mass is 457 g/mol. The third kappa shape index (κ3) is 4.12. The topological polar surface area (TPSA) is 98.8 Å². The number of ether oxygens (including phenoxy) is 2. The molecule has 0 aliphatic carbocycles.